The first-order valence-electron chi connectivity index (χ1n) is 5.09. The van der Waals surface area contributed by atoms with Gasteiger partial charge in [0.2, 0.25) is 0 Å². The van der Waals surface area contributed by atoms with E-state index in [9.17, 15) is 0 Å². The first-order valence-corrected chi connectivity index (χ1v) is 5.09. The van der Waals surface area contributed by atoms with Crippen LogP contribution in [0.15, 0.2) is 36.5 Å². The van der Waals surface area contributed by atoms with Crippen molar-refractivity contribution in [1.29, 1.82) is 0 Å². The summed E-state index contributed by atoms with van der Waals surface area (Å²) in [6.07, 6.45) is 2.79. The highest BCUT2D eigenvalue weighted by Crippen LogP contribution is 2.08. The summed E-state index contributed by atoms with van der Waals surface area (Å²) in [7, 11) is 0. The average Bonchev–Trinajstić information content (AvgIpc) is 2.58. The number of benzene rings is 1. The zero-order valence-corrected chi connectivity index (χ0v) is 8.85. The quantitative estimate of drug-likeness (QED) is 0.825. The fourth-order valence-electron chi connectivity index (χ4n) is 1.66. The molecule has 1 heterocycles. The van der Waals surface area contributed by atoms with Crippen LogP contribution in [-0.4, -0.2) is 9.55 Å². The topological polar surface area (TPSA) is 43.8 Å². The summed E-state index contributed by atoms with van der Waals surface area (Å²) in [4.78, 5) is 4.07. The van der Waals surface area contributed by atoms with Gasteiger partial charge < -0.3 is 10.3 Å². The summed E-state index contributed by atoms with van der Waals surface area (Å²) in [5.41, 5.74) is 8.20. The second-order valence-electron chi connectivity index (χ2n) is 3.65. The Bertz CT molecular complexity index is 412. The first kappa shape index (κ1) is 9.77. The maximum atomic E-state index is 5.76. The molecular formula is C12H15N3. The van der Waals surface area contributed by atoms with Crippen LogP contribution in [0.3, 0.4) is 0 Å². The molecule has 0 aliphatic carbocycles. The minimum atomic E-state index is 0.600. The van der Waals surface area contributed by atoms with E-state index in [4.69, 9.17) is 5.73 Å². The van der Waals surface area contributed by atoms with Crippen LogP contribution in [0.2, 0.25) is 0 Å². The second-order valence-corrected chi connectivity index (χ2v) is 3.65. The van der Waals surface area contributed by atoms with E-state index in [-0.39, 0.29) is 0 Å². The molecule has 15 heavy (non-hydrogen) atoms. The number of hydrogen-bond acceptors (Lipinski definition) is 2. The minimum Gasteiger partial charge on any atom is -0.369 e. The highest BCUT2D eigenvalue weighted by atomic mass is 15.1. The third kappa shape index (κ3) is 2.18. The first-order chi connectivity index (χ1) is 7.27. The lowest BCUT2D eigenvalue weighted by molar-refractivity contribution is 0.688. The van der Waals surface area contributed by atoms with Crippen molar-refractivity contribution < 1.29 is 0 Å². The van der Waals surface area contributed by atoms with Gasteiger partial charge in [0.05, 0.1) is 6.20 Å². The van der Waals surface area contributed by atoms with Crippen molar-refractivity contribution in [2.75, 3.05) is 5.73 Å². The average molecular weight is 201 g/mol. The smallest absolute Gasteiger partial charge is 0.200 e. The SMILES string of the molecule is Cc1cnc(N)n1CCc1ccccc1. The van der Waals surface area contributed by atoms with E-state index in [1.807, 2.05) is 17.6 Å². The van der Waals surface area contributed by atoms with E-state index >= 15 is 0 Å². The Hall–Kier alpha value is -1.77. The van der Waals surface area contributed by atoms with E-state index in [0.29, 0.717) is 5.95 Å². The summed E-state index contributed by atoms with van der Waals surface area (Å²) in [6.45, 7) is 2.91. The van der Waals surface area contributed by atoms with Gasteiger partial charge in [-0.15, -0.1) is 0 Å². The van der Waals surface area contributed by atoms with Crippen LogP contribution in [0, 0.1) is 6.92 Å². The zero-order chi connectivity index (χ0) is 10.7. The number of anilines is 1. The van der Waals surface area contributed by atoms with Crippen molar-refractivity contribution in [3.05, 3.63) is 47.8 Å². The monoisotopic (exact) mass is 201 g/mol. The van der Waals surface area contributed by atoms with E-state index in [0.717, 1.165) is 18.7 Å². The number of aryl methyl sites for hydroxylation is 2. The van der Waals surface area contributed by atoms with Crippen molar-refractivity contribution in [1.82, 2.24) is 9.55 Å². The molecule has 0 aliphatic heterocycles. The number of rotatable bonds is 3. The van der Waals surface area contributed by atoms with Crippen LogP contribution >= 0.6 is 0 Å². The molecule has 3 nitrogen and oxygen atoms in total. The van der Waals surface area contributed by atoms with Crippen LogP contribution in [0.1, 0.15) is 11.3 Å². The Morgan fingerprint density at radius 3 is 2.60 bits per heavy atom. The Morgan fingerprint density at radius 2 is 2.00 bits per heavy atom. The molecule has 0 amide bonds. The van der Waals surface area contributed by atoms with Crippen molar-refractivity contribution >= 4 is 5.95 Å². The van der Waals surface area contributed by atoms with E-state index < -0.39 is 0 Å². The molecule has 0 aliphatic rings. The standard InChI is InChI=1S/C12H15N3/c1-10-9-14-12(13)15(10)8-7-11-5-3-2-4-6-11/h2-6,9H,7-8H2,1H3,(H2,13,14). The molecule has 0 fully saturated rings. The molecule has 0 atom stereocenters. The summed E-state index contributed by atoms with van der Waals surface area (Å²) < 4.78 is 2.03. The fraction of sp³-hybridized carbons (Fsp3) is 0.250. The molecule has 0 bridgehead atoms. The minimum absolute atomic E-state index is 0.600. The zero-order valence-electron chi connectivity index (χ0n) is 8.85. The van der Waals surface area contributed by atoms with Gasteiger partial charge in [-0.25, -0.2) is 4.98 Å². The summed E-state index contributed by atoms with van der Waals surface area (Å²) in [6, 6.07) is 10.4. The third-order valence-corrected chi connectivity index (χ3v) is 2.55. The Labute approximate surface area is 89.6 Å². The van der Waals surface area contributed by atoms with Crippen LogP contribution < -0.4 is 5.73 Å². The predicted molar refractivity (Wildman–Crippen MR) is 61.5 cm³/mol. The van der Waals surface area contributed by atoms with Gasteiger partial charge in [-0.1, -0.05) is 30.3 Å². The Morgan fingerprint density at radius 1 is 1.27 bits per heavy atom. The van der Waals surface area contributed by atoms with Crippen molar-refractivity contribution in [3.8, 4) is 0 Å². The van der Waals surface area contributed by atoms with Crippen molar-refractivity contribution in [2.24, 2.45) is 0 Å². The Kier molecular flexibility index (Phi) is 2.72. The maximum Gasteiger partial charge on any atom is 0.200 e. The number of aromatic nitrogens is 2. The lowest BCUT2D eigenvalue weighted by Crippen LogP contribution is -2.07. The third-order valence-electron chi connectivity index (χ3n) is 2.55. The van der Waals surface area contributed by atoms with Gasteiger partial charge in [0.15, 0.2) is 5.95 Å². The van der Waals surface area contributed by atoms with Gasteiger partial charge in [0.25, 0.3) is 0 Å². The Balaban J connectivity index is 2.05. The summed E-state index contributed by atoms with van der Waals surface area (Å²) >= 11 is 0. The van der Waals surface area contributed by atoms with Crippen LogP contribution in [0.25, 0.3) is 0 Å². The highest BCUT2D eigenvalue weighted by molar-refractivity contribution is 5.22. The van der Waals surface area contributed by atoms with E-state index in [1.165, 1.54) is 5.56 Å². The molecule has 0 spiro atoms. The van der Waals surface area contributed by atoms with Gasteiger partial charge in [0, 0.05) is 12.2 Å². The van der Waals surface area contributed by atoms with Crippen LogP contribution in [-0.2, 0) is 13.0 Å². The van der Waals surface area contributed by atoms with Crippen LogP contribution in [0.5, 0.6) is 0 Å². The molecule has 0 saturated carbocycles. The van der Waals surface area contributed by atoms with Gasteiger partial charge in [0.1, 0.15) is 0 Å². The number of nitrogens with zero attached hydrogens (tertiary/aromatic N) is 2. The lowest BCUT2D eigenvalue weighted by atomic mass is 10.1. The molecule has 2 N–H and O–H groups in total. The van der Waals surface area contributed by atoms with Gasteiger partial charge >= 0.3 is 0 Å². The largest absolute Gasteiger partial charge is 0.369 e. The summed E-state index contributed by atoms with van der Waals surface area (Å²) in [5, 5.41) is 0. The highest BCUT2D eigenvalue weighted by Gasteiger charge is 2.02. The number of hydrogen-bond donors (Lipinski definition) is 1. The molecule has 3 heteroatoms. The maximum absolute atomic E-state index is 5.76. The van der Waals surface area contributed by atoms with Gasteiger partial charge in [-0.3, -0.25) is 0 Å². The van der Waals surface area contributed by atoms with E-state index in [2.05, 4.69) is 29.2 Å². The molecule has 2 aromatic rings. The fourth-order valence-corrected chi connectivity index (χ4v) is 1.66. The molecule has 0 unspecified atom stereocenters. The molecular weight excluding hydrogens is 186 g/mol. The van der Waals surface area contributed by atoms with Crippen molar-refractivity contribution in [2.45, 2.75) is 19.9 Å². The van der Waals surface area contributed by atoms with Gasteiger partial charge in [-0.2, -0.15) is 0 Å². The van der Waals surface area contributed by atoms with Crippen molar-refractivity contribution in [3.63, 3.8) is 0 Å². The number of nitrogens with two attached hydrogens (primary N) is 1. The molecule has 2 rings (SSSR count). The molecule has 0 saturated heterocycles. The molecule has 0 radical (unpaired) electrons. The molecule has 1 aromatic heterocycles. The number of imidazole rings is 1. The lowest BCUT2D eigenvalue weighted by Gasteiger charge is -2.06. The van der Waals surface area contributed by atoms with E-state index in [1.54, 1.807) is 6.20 Å². The van der Waals surface area contributed by atoms with Gasteiger partial charge in [-0.05, 0) is 18.9 Å². The second kappa shape index (κ2) is 4.17. The van der Waals surface area contributed by atoms with Crippen LogP contribution in [0.4, 0.5) is 5.95 Å². The number of nitrogen functional groups attached to an aromatic ring is 1. The normalized spacial score (nSPS) is 10.5. The molecule has 1 aromatic carbocycles. The molecule has 78 valence electrons. The summed E-state index contributed by atoms with van der Waals surface area (Å²) in [5.74, 6) is 0.600. The predicted octanol–water partition coefficient (Wildman–Crippen LogP) is 2.02.